The molecule has 2 aromatic rings. The van der Waals surface area contributed by atoms with Gasteiger partial charge in [-0.25, -0.2) is 13.1 Å². The van der Waals surface area contributed by atoms with E-state index in [9.17, 15) is 21.6 Å². The third-order valence-corrected chi connectivity index (χ3v) is 6.05. The van der Waals surface area contributed by atoms with Crippen LogP contribution in [0.3, 0.4) is 0 Å². The summed E-state index contributed by atoms with van der Waals surface area (Å²) in [5.41, 5.74) is 0.534. The van der Waals surface area contributed by atoms with Crippen molar-refractivity contribution in [3.63, 3.8) is 0 Å². The monoisotopic (exact) mass is 421 g/mol. The largest absolute Gasteiger partial charge is 0.435 e. The summed E-state index contributed by atoms with van der Waals surface area (Å²) in [5, 5.41) is 4.23. The molecule has 5 nitrogen and oxygen atoms in total. The quantitative estimate of drug-likeness (QED) is 0.775. The van der Waals surface area contributed by atoms with Crippen molar-refractivity contribution in [1.29, 1.82) is 0 Å². The number of aromatic nitrogens is 2. The first-order chi connectivity index (χ1) is 12.7. The lowest BCUT2D eigenvalue weighted by molar-refractivity contribution is -0.142. The Morgan fingerprint density at radius 1 is 1.15 bits per heavy atom. The third kappa shape index (κ3) is 5.03. The number of hydrogen-bond donors (Lipinski definition) is 1. The van der Waals surface area contributed by atoms with Crippen molar-refractivity contribution in [2.45, 2.75) is 44.2 Å². The number of nitrogens with one attached hydrogen (secondary N) is 1. The van der Waals surface area contributed by atoms with Gasteiger partial charge in [-0.2, -0.15) is 18.3 Å². The second kappa shape index (κ2) is 7.81. The van der Waals surface area contributed by atoms with E-state index in [2.05, 4.69) is 9.82 Å². The topological polar surface area (TPSA) is 64.0 Å². The van der Waals surface area contributed by atoms with Crippen molar-refractivity contribution in [2.24, 2.45) is 0 Å². The first kappa shape index (κ1) is 20.2. The van der Waals surface area contributed by atoms with Crippen LogP contribution in [0.2, 0.25) is 5.02 Å². The molecule has 1 heterocycles. The smallest absolute Gasteiger partial charge is 0.267 e. The highest BCUT2D eigenvalue weighted by molar-refractivity contribution is 7.88. The summed E-state index contributed by atoms with van der Waals surface area (Å²) in [6, 6.07) is 6.42. The zero-order valence-corrected chi connectivity index (χ0v) is 16.0. The van der Waals surface area contributed by atoms with Crippen molar-refractivity contribution >= 4 is 21.6 Å². The van der Waals surface area contributed by atoms with Crippen LogP contribution in [0.4, 0.5) is 13.2 Å². The van der Waals surface area contributed by atoms with E-state index in [4.69, 9.17) is 11.6 Å². The van der Waals surface area contributed by atoms with Crippen LogP contribution in [0.1, 0.15) is 35.4 Å². The fraction of sp³-hybridized carbons (Fsp3) is 0.471. The minimum absolute atomic E-state index is 0.0264. The Balaban J connectivity index is 1.66. The molecule has 0 amide bonds. The van der Waals surface area contributed by atoms with E-state index < -0.39 is 21.9 Å². The molecule has 27 heavy (non-hydrogen) atoms. The molecule has 10 heteroatoms. The molecule has 0 saturated heterocycles. The van der Waals surface area contributed by atoms with Gasteiger partial charge in [0.05, 0.1) is 12.3 Å². The van der Waals surface area contributed by atoms with Gasteiger partial charge < -0.3 is 0 Å². The number of hydrogen-bond acceptors (Lipinski definition) is 3. The highest BCUT2D eigenvalue weighted by Gasteiger charge is 2.39. The molecule has 0 bridgehead atoms. The maximum Gasteiger partial charge on any atom is 0.435 e. The molecule has 0 fully saturated rings. The fourth-order valence-corrected chi connectivity index (χ4v) is 4.50. The Kier molecular flexibility index (Phi) is 5.83. The summed E-state index contributed by atoms with van der Waals surface area (Å²) in [5.74, 6) is -0.227. The molecule has 0 aliphatic heterocycles. The number of fused-ring (bicyclic) bond motifs is 1. The fourth-order valence-electron chi connectivity index (χ4n) is 3.24. The van der Waals surface area contributed by atoms with E-state index in [0.717, 1.165) is 6.42 Å². The molecule has 0 spiro atoms. The number of alkyl halides is 3. The van der Waals surface area contributed by atoms with Gasteiger partial charge in [-0.3, -0.25) is 4.68 Å². The molecule has 1 aliphatic carbocycles. The number of sulfonamides is 1. The molecule has 1 aromatic heterocycles. The first-order valence-corrected chi connectivity index (χ1v) is 10.6. The second-order valence-electron chi connectivity index (χ2n) is 6.48. The van der Waals surface area contributed by atoms with Crippen molar-refractivity contribution in [2.75, 3.05) is 6.54 Å². The SMILES string of the molecule is O=S(=O)(Cc1ccc(Cl)cc1)NCCn1nc(C(F)(F)F)c2c1CCCC2. The minimum atomic E-state index is -4.50. The lowest BCUT2D eigenvalue weighted by Crippen LogP contribution is -2.29. The Morgan fingerprint density at radius 3 is 2.48 bits per heavy atom. The zero-order valence-electron chi connectivity index (χ0n) is 14.4. The van der Waals surface area contributed by atoms with Crippen LogP contribution in [-0.2, 0) is 41.3 Å². The summed E-state index contributed by atoms with van der Waals surface area (Å²) in [7, 11) is -3.62. The molecule has 1 aromatic carbocycles. The van der Waals surface area contributed by atoms with E-state index >= 15 is 0 Å². The summed E-state index contributed by atoms with van der Waals surface area (Å²) in [6.07, 6.45) is -2.11. The number of benzene rings is 1. The van der Waals surface area contributed by atoms with Crippen LogP contribution < -0.4 is 4.72 Å². The summed E-state index contributed by atoms with van der Waals surface area (Å²) >= 11 is 5.77. The average Bonchev–Trinajstić information content (AvgIpc) is 2.96. The lowest BCUT2D eigenvalue weighted by Gasteiger charge is -2.15. The number of halogens is 4. The van der Waals surface area contributed by atoms with Gasteiger partial charge in [0.15, 0.2) is 5.69 Å². The normalized spacial score (nSPS) is 15.0. The van der Waals surface area contributed by atoms with Crippen molar-refractivity contribution in [1.82, 2.24) is 14.5 Å². The molecule has 0 saturated carbocycles. The Bertz CT molecular complexity index is 909. The van der Waals surface area contributed by atoms with Crippen LogP contribution >= 0.6 is 11.6 Å². The second-order valence-corrected chi connectivity index (χ2v) is 8.73. The maximum atomic E-state index is 13.2. The zero-order chi connectivity index (χ0) is 19.7. The van der Waals surface area contributed by atoms with Crippen LogP contribution in [-0.4, -0.2) is 24.7 Å². The van der Waals surface area contributed by atoms with Crippen molar-refractivity contribution < 1.29 is 21.6 Å². The predicted octanol–water partition coefficient (Wildman–Crippen LogP) is 3.55. The van der Waals surface area contributed by atoms with E-state index in [-0.39, 0.29) is 24.4 Å². The van der Waals surface area contributed by atoms with Crippen molar-refractivity contribution in [3.8, 4) is 0 Å². The van der Waals surface area contributed by atoms with Gasteiger partial charge in [0.25, 0.3) is 0 Å². The van der Waals surface area contributed by atoms with Gasteiger partial charge in [-0.05, 0) is 43.4 Å². The van der Waals surface area contributed by atoms with E-state index in [1.54, 1.807) is 24.3 Å². The number of nitrogens with zero attached hydrogens (tertiary/aromatic N) is 2. The minimum Gasteiger partial charge on any atom is -0.267 e. The molecule has 148 valence electrons. The van der Waals surface area contributed by atoms with E-state index in [0.29, 0.717) is 35.5 Å². The number of rotatable bonds is 6. The third-order valence-electron chi connectivity index (χ3n) is 4.44. The van der Waals surface area contributed by atoms with Gasteiger partial charge in [-0.1, -0.05) is 23.7 Å². The first-order valence-electron chi connectivity index (χ1n) is 8.53. The molecule has 0 unspecified atom stereocenters. The van der Waals surface area contributed by atoms with Crippen LogP contribution in [0.25, 0.3) is 0 Å². The van der Waals surface area contributed by atoms with Gasteiger partial charge in [0.2, 0.25) is 10.0 Å². The molecule has 3 rings (SSSR count). The molecule has 0 radical (unpaired) electrons. The Labute approximate surface area is 160 Å². The van der Waals surface area contributed by atoms with E-state index in [1.807, 2.05) is 0 Å². The Hall–Kier alpha value is -1.58. The highest BCUT2D eigenvalue weighted by Crippen LogP contribution is 2.35. The molecule has 1 N–H and O–H groups in total. The van der Waals surface area contributed by atoms with E-state index in [1.165, 1.54) is 4.68 Å². The van der Waals surface area contributed by atoms with Gasteiger partial charge in [0, 0.05) is 22.8 Å². The summed E-state index contributed by atoms with van der Waals surface area (Å²) in [4.78, 5) is 0. The van der Waals surface area contributed by atoms with Gasteiger partial charge in [-0.15, -0.1) is 0 Å². The molecule has 0 atom stereocenters. The van der Waals surface area contributed by atoms with Gasteiger partial charge >= 0.3 is 6.18 Å². The maximum absolute atomic E-state index is 13.2. The van der Waals surface area contributed by atoms with Crippen LogP contribution in [0.15, 0.2) is 24.3 Å². The van der Waals surface area contributed by atoms with Crippen molar-refractivity contribution in [3.05, 3.63) is 51.8 Å². The average molecular weight is 422 g/mol. The van der Waals surface area contributed by atoms with Crippen LogP contribution in [0.5, 0.6) is 0 Å². The van der Waals surface area contributed by atoms with Crippen LogP contribution in [0, 0.1) is 0 Å². The lowest BCUT2D eigenvalue weighted by atomic mass is 9.95. The standard InChI is InChI=1S/C17H19ClF3N3O2S/c18-13-7-5-12(6-8-13)11-27(25,26)22-9-10-24-15-4-2-1-3-14(15)16(23-24)17(19,20)21/h5-8,22H,1-4,9-11H2. The highest BCUT2D eigenvalue weighted by atomic mass is 35.5. The predicted molar refractivity (Wildman–Crippen MR) is 95.9 cm³/mol. The molecular formula is C17H19ClF3N3O2S. The Morgan fingerprint density at radius 2 is 1.81 bits per heavy atom. The molecule has 1 aliphatic rings. The molecular weight excluding hydrogens is 403 g/mol. The summed E-state index contributed by atoms with van der Waals surface area (Å²) < 4.78 is 67.6. The summed E-state index contributed by atoms with van der Waals surface area (Å²) in [6.45, 7) is 0.0274. The van der Waals surface area contributed by atoms with Gasteiger partial charge in [0.1, 0.15) is 0 Å².